The number of hydrogen-bond donors (Lipinski definition) is 0. The summed E-state index contributed by atoms with van der Waals surface area (Å²) >= 11 is 1.86. The highest BCUT2D eigenvalue weighted by Crippen LogP contribution is 2.29. The zero-order chi connectivity index (χ0) is 16.9. The molecule has 1 unspecified atom stereocenters. The number of nitrogens with zero attached hydrogens (tertiary/aromatic N) is 5. The minimum Gasteiger partial charge on any atom is -0.332 e. The van der Waals surface area contributed by atoms with E-state index < -0.39 is 0 Å². The second kappa shape index (κ2) is 8.19. The molecule has 0 aliphatic heterocycles. The lowest BCUT2D eigenvalue weighted by molar-refractivity contribution is 0.315. The second-order valence-corrected chi connectivity index (χ2v) is 7.84. The van der Waals surface area contributed by atoms with Crippen LogP contribution in [0.1, 0.15) is 68.6 Å². The molecule has 0 amide bonds. The van der Waals surface area contributed by atoms with Crippen LogP contribution in [0.2, 0.25) is 0 Å². The summed E-state index contributed by atoms with van der Waals surface area (Å²) in [6, 6.07) is 0.896. The summed E-state index contributed by atoms with van der Waals surface area (Å²) in [7, 11) is 0. The standard InChI is InChI=1S/C18H29N5S/c1-14(22-11-10-19-15(22)2)13-18-20-17(9-12-24-3)21-23(18)16-7-5-4-6-8-16/h10-11,14,16H,4-9,12-13H2,1-3H3. The van der Waals surface area contributed by atoms with E-state index >= 15 is 0 Å². The Morgan fingerprint density at radius 3 is 2.75 bits per heavy atom. The summed E-state index contributed by atoms with van der Waals surface area (Å²) in [5.74, 6) is 4.32. The van der Waals surface area contributed by atoms with Crippen molar-refractivity contribution in [3.8, 4) is 0 Å². The molecule has 1 fully saturated rings. The van der Waals surface area contributed by atoms with E-state index in [1.807, 2.05) is 18.0 Å². The fourth-order valence-corrected chi connectivity index (χ4v) is 4.06. The van der Waals surface area contributed by atoms with Crippen LogP contribution in [0.15, 0.2) is 12.4 Å². The molecule has 24 heavy (non-hydrogen) atoms. The fraction of sp³-hybridized carbons (Fsp3) is 0.722. The van der Waals surface area contributed by atoms with Crippen LogP contribution in [0, 0.1) is 6.92 Å². The van der Waals surface area contributed by atoms with Crippen molar-refractivity contribution >= 4 is 11.8 Å². The number of aromatic nitrogens is 5. The third-order valence-corrected chi connectivity index (χ3v) is 5.62. The third kappa shape index (κ3) is 4.02. The predicted molar refractivity (Wildman–Crippen MR) is 99.6 cm³/mol. The van der Waals surface area contributed by atoms with Crippen LogP contribution < -0.4 is 0 Å². The first-order valence-corrected chi connectivity index (χ1v) is 10.5. The molecule has 5 nitrogen and oxygen atoms in total. The molecule has 3 rings (SSSR count). The number of aryl methyl sites for hydroxylation is 2. The minimum atomic E-state index is 0.354. The van der Waals surface area contributed by atoms with Gasteiger partial charge in [-0.2, -0.15) is 16.9 Å². The maximum absolute atomic E-state index is 4.91. The summed E-state index contributed by atoms with van der Waals surface area (Å²) in [6.07, 6.45) is 14.5. The van der Waals surface area contributed by atoms with Gasteiger partial charge in [0, 0.05) is 37.0 Å². The quantitative estimate of drug-likeness (QED) is 0.759. The SMILES string of the molecule is CSCCc1nc(CC(C)n2ccnc2C)n(C2CCCCC2)n1. The van der Waals surface area contributed by atoms with Gasteiger partial charge in [-0.25, -0.2) is 14.6 Å². The van der Waals surface area contributed by atoms with Gasteiger partial charge in [-0.3, -0.25) is 0 Å². The molecule has 0 N–H and O–H groups in total. The molecule has 1 saturated carbocycles. The van der Waals surface area contributed by atoms with Crippen LogP contribution in [0.25, 0.3) is 0 Å². The Morgan fingerprint density at radius 2 is 2.08 bits per heavy atom. The molecule has 0 bridgehead atoms. The molecule has 1 aliphatic rings. The van der Waals surface area contributed by atoms with Crippen molar-refractivity contribution in [2.75, 3.05) is 12.0 Å². The molecule has 0 saturated heterocycles. The summed E-state index contributed by atoms with van der Waals surface area (Å²) in [4.78, 5) is 9.26. The number of rotatable bonds is 7. The van der Waals surface area contributed by atoms with Crippen LogP contribution >= 0.6 is 11.8 Å². The molecule has 0 radical (unpaired) electrons. The third-order valence-electron chi connectivity index (χ3n) is 5.01. The monoisotopic (exact) mass is 347 g/mol. The normalized spacial score (nSPS) is 17.3. The Labute approximate surface area is 149 Å². The lowest BCUT2D eigenvalue weighted by atomic mass is 9.95. The van der Waals surface area contributed by atoms with E-state index in [2.05, 4.69) is 40.5 Å². The Morgan fingerprint density at radius 1 is 1.29 bits per heavy atom. The maximum atomic E-state index is 4.91. The Kier molecular flexibility index (Phi) is 5.98. The minimum absolute atomic E-state index is 0.354. The van der Waals surface area contributed by atoms with Crippen molar-refractivity contribution in [1.82, 2.24) is 24.3 Å². The van der Waals surface area contributed by atoms with Crippen molar-refractivity contribution in [1.29, 1.82) is 0 Å². The van der Waals surface area contributed by atoms with Crippen molar-refractivity contribution in [2.45, 2.75) is 70.9 Å². The van der Waals surface area contributed by atoms with Crippen molar-refractivity contribution < 1.29 is 0 Å². The highest BCUT2D eigenvalue weighted by atomic mass is 32.2. The number of hydrogen-bond acceptors (Lipinski definition) is 4. The van der Waals surface area contributed by atoms with Gasteiger partial charge in [0.15, 0.2) is 5.82 Å². The maximum Gasteiger partial charge on any atom is 0.151 e. The van der Waals surface area contributed by atoms with E-state index in [-0.39, 0.29) is 0 Å². The van der Waals surface area contributed by atoms with E-state index in [9.17, 15) is 0 Å². The van der Waals surface area contributed by atoms with E-state index in [1.165, 1.54) is 32.1 Å². The molecule has 1 aliphatic carbocycles. The average molecular weight is 348 g/mol. The first-order valence-electron chi connectivity index (χ1n) is 9.11. The molecular weight excluding hydrogens is 318 g/mol. The molecule has 6 heteroatoms. The molecule has 0 aromatic carbocycles. The topological polar surface area (TPSA) is 48.5 Å². The van der Waals surface area contributed by atoms with Crippen LogP contribution in [0.3, 0.4) is 0 Å². The van der Waals surface area contributed by atoms with Crippen LogP contribution in [-0.2, 0) is 12.8 Å². The molecule has 2 aromatic rings. The van der Waals surface area contributed by atoms with E-state index in [1.54, 1.807) is 0 Å². The van der Waals surface area contributed by atoms with Gasteiger partial charge in [0.05, 0.1) is 6.04 Å². The zero-order valence-corrected chi connectivity index (χ0v) is 15.9. The Balaban J connectivity index is 1.81. The van der Waals surface area contributed by atoms with Crippen molar-refractivity contribution in [3.63, 3.8) is 0 Å². The van der Waals surface area contributed by atoms with Crippen LogP contribution in [0.5, 0.6) is 0 Å². The van der Waals surface area contributed by atoms with E-state index in [4.69, 9.17) is 10.1 Å². The van der Waals surface area contributed by atoms with Gasteiger partial charge in [-0.15, -0.1) is 0 Å². The first-order chi connectivity index (χ1) is 11.7. The van der Waals surface area contributed by atoms with Gasteiger partial charge in [0.1, 0.15) is 11.6 Å². The Bertz CT molecular complexity index is 642. The van der Waals surface area contributed by atoms with Crippen molar-refractivity contribution in [3.05, 3.63) is 29.9 Å². The highest BCUT2D eigenvalue weighted by Gasteiger charge is 2.22. The van der Waals surface area contributed by atoms with Gasteiger partial charge < -0.3 is 4.57 Å². The van der Waals surface area contributed by atoms with Gasteiger partial charge in [0.2, 0.25) is 0 Å². The largest absolute Gasteiger partial charge is 0.332 e. The lowest BCUT2D eigenvalue weighted by Crippen LogP contribution is -2.19. The smallest absolute Gasteiger partial charge is 0.151 e. The fourth-order valence-electron chi connectivity index (χ4n) is 3.68. The van der Waals surface area contributed by atoms with Gasteiger partial charge in [0.25, 0.3) is 0 Å². The van der Waals surface area contributed by atoms with Crippen molar-refractivity contribution in [2.24, 2.45) is 0 Å². The lowest BCUT2D eigenvalue weighted by Gasteiger charge is -2.24. The first kappa shape index (κ1) is 17.5. The van der Waals surface area contributed by atoms with Crippen LogP contribution in [-0.4, -0.2) is 36.3 Å². The van der Waals surface area contributed by atoms with Crippen LogP contribution in [0.4, 0.5) is 0 Å². The molecule has 0 spiro atoms. The summed E-state index contributed by atoms with van der Waals surface area (Å²) < 4.78 is 4.50. The number of imidazole rings is 1. The van der Waals surface area contributed by atoms with Gasteiger partial charge in [-0.05, 0) is 32.9 Å². The molecule has 132 valence electrons. The summed E-state index contributed by atoms with van der Waals surface area (Å²) in [5, 5.41) is 4.90. The van der Waals surface area contributed by atoms with E-state index in [0.29, 0.717) is 12.1 Å². The molecule has 2 heterocycles. The molecule has 1 atom stereocenters. The molecular formula is C18H29N5S. The van der Waals surface area contributed by atoms with E-state index in [0.717, 1.165) is 36.1 Å². The summed E-state index contributed by atoms with van der Waals surface area (Å²) in [5.41, 5.74) is 0. The second-order valence-electron chi connectivity index (χ2n) is 6.86. The molecule has 2 aromatic heterocycles. The number of thioether (sulfide) groups is 1. The summed E-state index contributed by atoms with van der Waals surface area (Å²) in [6.45, 7) is 4.31. The highest BCUT2D eigenvalue weighted by molar-refractivity contribution is 7.98. The Hall–Kier alpha value is -1.30. The average Bonchev–Trinajstić information content (AvgIpc) is 3.20. The van der Waals surface area contributed by atoms with Gasteiger partial charge >= 0.3 is 0 Å². The zero-order valence-electron chi connectivity index (χ0n) is 15.1. The predicted octanol–water partition coefficient (Wildman–Crippen LogP) is 4.00. The van der Waals surface area contributed by atoms with Gasteiger partial charge in [-0.1, -0.05) is 19.3 Å².